The van der Waals surface area contributed by atoms with E-state index >= 15 is 0 Å². The second kappa shape index (κ2) is 4.61. The molecule has 5 nitrogen and oxygen atoms in total. The van der Waals surface area contributed by atoms with Crippen molar-refractivity contribution >= 4 is 11.8 Å². The zero-order chi connectivity index (χ0) is 10.7. The van der Waals surface area contributed by atoms with Crippen molar-refractivity contribution in [1.29, 1.82) is 0 Å². The maximum absolute atomic E-state index is 11.7. The normalized spacial score (nSPS) is 28.5. The van der Waals surface area contributed by atoms with Crippen LogP contribution in [0.4, 0.5) is 0 Å². The lowest BCUT2D eigenvalue weighted by Crippen LogP contribution is -2.51. The summed E-state index contributed by atoms with van der Waals surface area (Å²) in [6.07, 6.45) is 3.47. The van der Waals surface area contributed by atoms with Crippen molar-refractivity contribution in [2.24, 2.45) is 0 Å². The van der Waals surface area contributed by atoms with E-state index in [1.54, 1.807) is 4.90 Å². The minimum absolute atomic E-state index is 0.00181. The summed E-state index contributed by atoms with van der Waals surface area (Å²) in [5, 5.41) is 6.04. The molecule has 2 saturated heterocycles. The lowest BCUT2D eigenvalue weighted by Gasteiger charge is -2.34. The largest absolute Gasteiger partial charge is 0.354 e. The predicted molar refractivity (Wildman–Crippen MR) is 55.0 cm³/mol. The molecule has 0 bridgehead atoms. The molecule has 2 aliphatic heterocycles. The maximum Gasteiger partial charge on any atom is 0.233 e. The first-order valence-corrected chi connectivity index (χ1v) is 5.57. The average molecular weight is 211 g/mol. The van der Waals surface area contributed by atoms with Crippen molar-refractivity contribution in [2.75, 3.05) is 19.6 Å². The molecule has 0 aliphatic carbocycles. The van der Waals surface area contributed by atoms with Gasteiger partial charge in [0, 0.05) is 13.1 Å². The summed E-state index contributed by atoms with van der Waals surface area (Å²) >= 11 is 0. The van der Waals surface area contributed by atoms with Crippen LogP contribution >= 0.6 is 0 Å². The Labute approximate surface area is 89.2 Å². The zero-order valence-corrected chi connectivity index (χ0v) is 8.79. The first-order valence-electron chi connectivity index (χ1n) is 5.57. The van der Waals surface area contributed by atoms with Gasteiger partial charge in [-0.15, -0.1) is 0 Å². The summed E-state index contributed by atoms with van der Waals surface area (Å²) in [7, 11) is 0. The van der Waals surface area contributed by atoms with Crippen LogP contribution < -0.4 is 10.6 Å². The van der Waals surface area contributed by atoms with Gasteiger partial charge >= 0.3 is 0 Å². The van der Waals surface area contributed by atoms with Crippen LogP contribution in [0.25, 0.3) is 0 Å². The van der Waals surface area contributed by atoms with Crippen molar-refractivity contribution in [3.63, 3.8) is 0 Å². The Kier molecular flexibility index (Phi) is 3.20. The summed E-state index contributed by atoms with van der Waals surface area (Å²) in [5.74, 6) is -0.206. The molecule has 2 aliphatic rings. The van der Waals surface area contributed by atoms with Gasteiger partial charge in [-0.05, 0) is 25.8 Å². The van der Waals surface area contributed by atoms with Gasteiger partial charge in [-0.2, -0.15) is 0 Å². The van der Waals surface area contributed by atoms with Crippen molar-refractivity contribution < 1.29 is 9.59 Å². The smallest absolute Gasteiger partial charge is 0.233 e. The Balaban J connectivity index is 1.99. The predicted octanol–water partition coefficient (Wildman–Crippen LogP) is -0.565. The van der Waals surface area contributed by atoms with Crippen LogP contribution in [0.2, 0.25) is 0 Å². The second-order valence-electron chi connectivity index (χ2n) is 4.08. The van der Waals surface area contributed by atoms with Gasteiger partial charge in [-0.1, -0.05) is 0 Å². The van der Waals surface area contributed by atoms with Crippen LogP contribution in [0.5, 0.6) is 0 Å². The van der Waals surface area contributed by atoms with Gasteiger partial charge in [0.15, 0.2) is 0 Å². The molecule has 2 amide bonds. The zero-order valence-electron chi connectivity index (χ0n) is 8.79. The Morgan fingerprint density at radius 2 is 2.07 bits per heavy atom. The highest BCUT2D eigenvalue weighted by Gasteiger charge is 2.28. The molecule has 0 spiro atoms. The van der Waals surface area contributed by atoms with Crippen LogP contribution in [0.15, 0.2) is 0 Å². The molecule has 1 unspecified atom stereocenters. The number of amides is 2. The van der Waals surface area contributed by atoms with E-state index in [-0.39, 0.29) is 24.4 Å². The topological polar surface area (TPSA) is 61.4 Å². The highest BCUT2D eigenvalue weighted by Crippen LogP contribution is 2.13. The fourth-order valence-corrected chi connectivity index (χ4v) is 2.17. The van der Waals surface area contributed by atoms with Crippen LogP contribution in [-0.4, -0.2) is 42.5 Å². The number of carbonyl (C=O) groups is 2. The second-order valence-corrected chi connectivity index (χ2v) is 4.08. The summed E-state index contributed by atoms with van der Waals surface area (Å²) < 4.78 is 0. The Hall–Kier alpha value is -1.10. The lowest BCUT2D eigenvalue weighted by atomic mass is 10.1. The SMILES string of the molecule is O=C1CC(=O)N(C2CCCCN2)CCN1. The summed E-state index contributed by atoms with van der Waals surface area (Å²) in [6, 6.07) is 0. The molecule has 2 fully saturated rings. The molecule has 84 valence electrons. The van der Waals surface area contributed by atoms with Gasteiger partial charge in [0.2, 0.25) is 11.8 Å². The first-order chi connectivity index (χ1) is 7.27. The number of carbonyl (C=O) groups excluding carboxylic acids is 2. The molecule has 15 heavy (non-hydrogen) atoms. The van der Waals surface area contributed by atoms with E-state index in [1.807, 2.05) is 0 Å². The number of hydrogen-bond acceptors (Lipinski definition) is 3. The van der Waals surface area contributed by atoms with Gasteiger partial charge in [0.25, 0.3) is 0 Å². The van der Waals surface area contributed by atoms with Gasteiger partial charge < -0.3 is 10.2 Å². The molecule has 2 heterocycles. The van der Waals surface area contributed by atoms with Crippen molar-refractivity contribution in [1.82, 2.24) is 15.5 Å². The first kappa shape index (κ1) is 10.4. The molecule has 5 heteroatoms. The lowest BCUT2D eigenvalue weighted by molar-refractivity contribution is -0.136. The molecule has 1 atom stereocenters. The van der Waals surface area contributed by atoms with Crippen molar-refractivity contribution in [3.05, 3.63) is 0 Å². The Morgan fingerprint density at radius 3 is 2.80 bits per heavy atom. The monoisotopic (exact) mass is 211 g/mol. The van der Waals surface area contributed by atoms with Crippen molar-refractivity contribution in [3.8, 4) is 0 Å². The van der Waals surface area contributed by atoms with E-state index < -0.39 is 0 Å². The quantitative estimate of drug-likeness (QED) is 0.571. The number of hydrogen-bond donors (Lipinski definition) is 2. The standard InChI is InChI=1S/C10H17N3O2/c14-9-7-10(15)13(6-5-12-9)8-3-1-2-4-11-8/h8,11H,1-7H2,(H,12,14). The molecular formula is C10H17N3O2. The minimum atomic E-state index is -0.154. The number of rotatable bonds is 1. The van der Waals surface area contributed by atoms with Crippen LogP contribution in [0, 0.1) is 0 Å². The fourth-order valence-electron chi connectivity index (χ4n) is 2.17. The van der Waals surface area contributed by atoms with Crippen LogP contribution in [-0.2, 0) is 9.59 Å². The maximum atomic E-state index is 11.7. The van der Waals surface area contributed by atoms with Gasteiger partial charge in [-0.25, -0.2) is 0 Å². The summed E-state index contributed by atoms with van der Waals surface area (Å²) in [6.45, 7) is 2.17. The molecule has 0 radical (unpaired) electrons. The van der Waals surface area contributed by atoms with E-state index in [1.165, 1.54) is 6.42 Å². The van der Waals surface area contributed by atoms with E-state index in [2.05, 4.69) is 10.6 Å². The van der Waals surface area contributed by atoms with E-state index in [9.17, 15) is 9.59 Å². The number of nitrogens with zero attached hydrogens (tertiary/aromatic N) is 1. The van der Waals surface area contributed by atoms with E-state index in [4.69, 9.17) is 0 Å². The highest BCUT2D eigenvalue weighted by molar-refractivity contribution is 5.97. The molecule has 0 aromatic rings. The minimum Gasteiger partial charge on any atom is -0.354 e. The highest BCUT2D eigenvalue weighted by atomic mass is 16.2. The molecule has 0 aromatic heterocycles. The summed E-state index contributed by atoms with van der Waals surface area (Å²) in [4.78, 5) is 24.7. The average Bonchev–Trinajstić information content (AvgIpc) is 2.40. The van der Waals surface area contributed by atoms with Crippen LogP contribution in [0.1, 0.15) is 25.7 Å². The Bertz CT molecular complexity index is 261. The van der Waals surface area contributed by atoms with Crippen LogP contribution in [0.3, 0.4) is 0 Å². The third kappa shape index (κ3) is 2.47. The third-order valence-corrected chi connectivity index (χ3v) is 2.97. The van der Waals surface area contributed by atoms with Gasteiger partial charge in [0.1, 0.15) is 6.42 Å². The van der Waals surface area contributed by atoms with Crippen molar-refractivity contribution in [2.45, 2.75) is 31.8 Å². The third-order valence-electron chi connectivity index (χ3n) is 2.97. The van der Waals surface area contributed by atoms with E-state index in [0.29, 0.717) is 13.1 Å². The summed E-state index contributed by atoms with van der Waals surface area (Å²) in [5.41, 5.74) is 0. The molecule has 0 saturated carbocycles. The fraction of sp³-hybridized carbons (Fsp3) is 0.800. The molecule has 2 rings (SSSR count). The Morgan fingerprint density at radius 1 is 1.20 bits per heavy atom. The molecule has 2 N–H and O–H groups in total. The molecule has 0 aromatic carbocycles. The van der Waals surface area contributed by atoms with Gasteiger partial charge in [0.05, 0.1) is 6.17 Å². The number of piperidine rings is 1. The van der Waals surface area contributed by atoms with E-state index in [0.717, 1.165) is 19.4 Å². The number of nitrogens with one attached hydrogen (secondary N) is 2. The molecular weight excluding hydrogens is 194 g/mol. The van der Waals surface area contributed by atoms with Gasteiger partial charge in [-0.3, -0.25) is 14.9 Å².